The second kappa shape index (κ2) is 5.41. The second-order valence-corrected chi connectivity index (χ2v) is 5.17. The first kappa shape index (κ1) is 12.8. The molecule has 0 saturated carbocycles. The van der Waals surface area contributed by atoms with Crippen LogP contribution in [0.25, 0.3) is 0 Å². The van der Waals surface area contributed by atoms with E-state index in [2.05, 4.69) is 33.8 Å². The molecule has 1 aromatic heterocycles. The van der Waals surface area contributed by atoms with Crippen LogP contribution in [0.15, 0.2) is 42.6 Å². The Kier molecular flexibility index (Phi) is 3.46. The van der Waals surface area contributed by atoms with Gasteiger partial charge < -0.3 is 15.5 Å². The largest absolute Gasteiger partial charge is 0.397 e. The highest BCUT2D eigenvalue weighted by atomic mass is 15.3. The van der Waals surface area contributed by atoms with E-state index in [-0.39, 0.29) is 0 Å². The van der Waals surface area contributed by atoms with Gasteiger partial charge in [0, 0.05) is 32.4 Å². The molecule has 1 saturated heterocycles. The molecule has 2 aromatic rings. The van der Waals surface area contributed by atoms with Crippen molar-refractivity contribution < 1.29 is 0 Å². The lowest BCUT2D eigenvalue weighted by atomic mass is 10.1. The van der Waals surface area contributed by atoms with Crippen molar-refractivity contribution in [3.05, 3.63) is 48.2 Å². The fourth-order valence-corrected chi connectivity index (χ4v) is 2.81. The van der Waals surface area contributed by atoms with Crippen molar-refractivity contribution in [1.82, 2.24) is 4.98 Å². The Balaban J connectivity index is 1.73. The van der Waals surface area contributed by atoms with Gasteiger partial charge in [-0.1, -0.05) is 18.2 Å². The van der Waals surface area contributed by atoms with Crippen LogP contribution in [0.2, 0.25) is 0 Å². The molecule has 0 spiro atoms. The Morgan fingerprint density at radius 3 is 2.35 bits per heavy atom. The highest BCUT2D eigenvalue weighted by molar-refractivity contribution is 5.71. The van der Waals surface area contributed by atoms with Gasteiger partial charge in [0.25, 0.3) is 0 Å². The predicted octanol–water partition coefficient (Wildman–Crippen LogP) is 2.30. The molecule has 3 rings (SSSR count). The summed E-state index contributed by atoms with van der Waals surface area (Å²) < 4.78 is 0. The van der Waals surface area contributed by atoms with Gasteiger partial charge in [0.2, 0.25) is 0 Å². The van der Waals surface area contributed by atoms with Gasteiger partial charge in [-0.25, -0.2) is 4.98 Å². The second-order valence-electron chi connectivity index (χ2n) is 5.17. The zero-order valence-electron chi connectivity index (χ0n) is 11.8. The van der Waals surface area contributed by atoms with E-state index >= 15 is 0 Å². The van der Waals surface area contributed by atoms with E-state index in [1.165, 1.54) is 11.3 Å². The number of benzene rings is 1. The van der Waals surface area contributed by atoms with Crippen molar-refractivity contribution >= 4 is 17.2 Å². The third-order valence-corrected chi connectivity index (χ3v) is 3.84. The van der Waals surface area contributed by atoms with E-state index in [1.54, 1.807) is 0 Å². The minimum absolute atomic E-state index is 0.872. The van der Waals surface area contributed by atoms with E-state index in [4.69, 9.17) is 5.73 Å². The Labute approximate surface area is 119 Å². The van der Waals surface area contributed by atoms with Crippen LogP contribution < -0.4 is 15.5 Å². The van der Waals surface area contributed by atoms with Crippen LogP contribution in [0.4, 0.5) is 17.2 Å². The topological polar surface area (TPSA) is 45.4 Å². The minimum atomic E-state index is 0.872. The molecule has 0 bridgehead atoms. The number of piperazine rings is 1. The number of hydrogen-bond donors (Lipinski definition) is 1. The number of nitrogen functional groups attached to an aromatic ring is 1. The highest BCUT2D eigenvalue weighted by Gasteiger charge is 2.20. The van der Waals surface area contributed by atoms with Crippen LogP contribution in [0.1, 0.15) is 5.56 Å². The standard InChI is InChI=1S/C16H20N4/c1-13-5-4-6-14(17)16(13)20-11-9-19(10-12-20)15-7-2-3-8-18-15/h2-8H,9-12,17H2,1H3. The maximum absolute atomic E-state index is 6.13. The summed E-state index contributed by atoms with van der Waals surface area (Å²) in [6.45, 7) is 6.03. The van der Waals surface area contributed by atoms with Crippen molar-refractivity contribution in [3.8, 4) is 0 Å². The van der Waals surface area contributed by atoms with Gasteiger partial charge in [0.1, 0.15) is 5.82 Å². The van der Waals surface area contributed by atoms with Crippen molar-refractivity contribution in [2.45, 2.75) is 6.92 Å². The molecule has 1 aliphatic rings. The molecular formula is C16H20N4. The molecule has 0 radical (unpaired) electrons. The summed E-state index contributed by atoms with van der Waals surface area (Å²) in [5.41, 5.74) is 9.44. The Bertz CT molecular complexity index is 554. The maximum atomic E-state index is 6.13. The monoisotopic (exact) mass is 268 g/mol. The number of hydrogen-bond acceptors (Lipinski definition) is 4. The predicted molar refractivity (Wildman–Crippen MR) is 84.3 cm³/mol. The lowest BCUT2D eigenvalue weighted by Gasteiger charge is -2.37. The Hall–Kier alpha value is -2.23. The van der Waals surface area contributed by atoms with Crippen LogP contribution in [0.3, 0.4) is 0 Å². The van der Waals surface area contributed by atoms with Gasteiger partial charge in [0.15, 0.2) is 0 Å². The van der Waals surface area contributed by atoms with Gasteiger partial charge in [-0.05, 0) is 30.7 Å². The molecule has 1 aromatic carbocycles. The molecule has 0 unspecified atom stereocenters. The van der Waals surface area contributed by atoms with Crippen molar-refractivity contribution in [2.75, 3.05) is 41.7 Å². The minimum Gasteiger partial charge on any atom is -0.397 e. The van der Waals surface area contributed by atoms with E-state index in [1.807, 2.05) is 30.5 Å². The number of aryl methyl sites for hydroxylation is 1. The first-order valence-electron chi connectivity index (χ1n) is 7.02. The summed E-state index contributed by atoms with van der Waals surface area (Å²) in [5.74, 6) is 1.06. The molecule has 2 N–H and O–H groups in total. The molecule has 2 heterocycles. The molecule has 104 valence electrons. The third-order valence-electron chi connectivity index (χ3n) is 3.84. The van der Waals surface area contributed by atoms with Gasteiger partial charge in [0.05, 0.1) is 11.4 Å². The average molecular weight is 268 g/mol. The fraction of sp³-hybridized carbons (Fsp3) is 0.312. The van der Waals surface area contributed by atoms with Crippen molar-refractivity contribution in [2.24, 2.45) is 0 Å². The third kappa shape index (κ3) is 2.41. The van der Waals surface area contributed by atoms with E-state index < -0.39 is 0 Å². The van der Waals surface area contributed by atoms with E-state index in [0.717, 1.165) is 37.7 Å². The average Bonchev–Trinajstić information content (AvgIpc) is 2.49. The summed E-state index contributed by atoms with van der Waals surface area (Å²) in [5, 5.41) is 0. The number of aromatic nitrogens is 1. The molecule has 0 amide bonds. The number of para-hydroxylation sites is 1. The van der Waals surface area contributed by atoms with Crippen LogP contribution in [-0.4, -0.2) is 31.2 Å². The summed E-state index contributed by atoms with van der Waals surface area (Å²) in [6.07, 6.45) is 1.85. The quantitative estimate of drug-likeness (QED) is 0.849. The molecule has 1 fully saturated rings. The van der Waals surface area contributed by atoms with Gasteiger partial charge in [-0.2, -0.15) is 0 Å². The summed E-state index contributed by atoms with van der Waals surface area (Å²) >= 11 is 0. The Morgan fingerprint density at radius 2 is 1.70 bits per heavy atom. The number of nitrogens with zero attached hydrogens (tertiary/aromatic N) is 3. The molecule has 4 nitrogen and oxygen atoms in total. The smallest absolute Gasteiger partial charge is 0.128 e. The molecule has 0 aliphatic carbocycles. The zero-order chi connectivity index (χ0) is 13.9. The number of rotatable bonds is 2. The van der Waals surface area contributed by atoms with Crippen LogP contribution >= 0.6 is 0 Å². The first-order valence-corrected chi connectivity index (χ1v) is 7.02. The first-order chi connectivity index (χ1) is 9.75. The molecule has 0 atom stereocenters. The lowest BCUT2D eigenvalue weighted by molar-refractivity contribution is 0.647. The molecular weight excluding hydrogens is 248 g/mol. The molecule has 4 heteroatoms. The van der Waals surface area contributed by atoms with Crippen LogP contribution in [0.5, 0.6) is 0 Å². The molecule has 1 aliphatic heterocycles. The fourth-order valence-electron chi connectivity index (χ4n) is 2.81. The SMILES string of the molecule is Cc1cccc(N)c1N1CCN(c2ccccn2)CC1. The van der Waals surface area contributed by atoms with E-state index in [0.29, 0.717) is 0 Å². The van der Waals surface area contributed by atoms with Crippen LogP contribution in [-0.2, 0) is 0 Å². The lowest BCUT2D eigenvalue weighted by Crippen LogP contribution is -2.47. The number of anilines is 3. The van der Waals surface area contributed by atoms with Gasteiger partial charge >= 0.3 is 0 Å². The summed E-state index contributed by atoms with van der Waals surface area (Å²) in [6, 6.07) is 12.2. The van der Waals surface area contributed by atoms with Crippen molar-refractivity contribution in [1.29, 1.82) is 0 Å². The van der Waals surface area contributed by atoms with Gasteiger partial charge in [-0.3, -0.25) is 0 Å². The molecule has 20 heavy (non-hydrogen) atoms. The zero-order valence-corrected chi connectivity index (χ0v) is 11.8. The summed E-state index contributed by atoms with van der Waals surface area (Å²) in [4.78, 5) is 9.12. The highest BCUT2D eigenvalue weighted by Crippen LogP contribution is 2.28. The maximum Gasteiger partial charge on any atom is 0.128 e. The number of nitrogens with two attached hydrogens (primary N) is 1. The Morgan fingerprint density at radius 1 is 0.950 bits per heavy atom. The van der Waals surface area contributed by atoms with Crippen LogP contribution in [0, 0.1) is 6.92 Å². The van der Waals surface area contributed by atoms with E-state index in [9.17, 15) is 0 Å². The summed E-state index contributed by atoms with van der Waals surface area (Å²) in [7, 11) is 0. The van der Waals surface area contributed by atoms with Gasteiger partial charge in [-0.15, -0.1) is 0 Å². The normalized spacial score (nSPS) is 15.4. The number of pyridine rings is 1. The van der Waals surface area contributed by atoms with Crippen molar-refractivity contribution in [3.63, 3.8) is 0 Å².